The van der Waals surface area contributed by atoms with Crippen molar-refractivity contribution in [1.29, 1.82) is 0 Å². The molecule has 108 valence electrons. The second kappa shape index (κ2) is 5.00. The first-order chi connectivity index (χ1) is 8.77. The SMILES string of the molecule is CC1(C)C2CCC1(C)C(NC(=O)CSCC(=O)O)C2. The zero-order valence-electron chi connectivity index (χ0n) is 11.9. The van der Waals surface area contributed by atoms with Crippen LogP contribution in [0.1, 0.15) is 40.0 Å². The summed E-state index contributed by atoms with van der Waals surface area (Å²) >= 11 is 1.16. The summed E-state index contributed by atoms with van der Waals surface area (Å²) in [5.74, 6) is 0.0362. The molecule has 0 aromatic carbocycles. The zero-order chi connectivity index (χ0) is 14.3. The van der Waals surface area contributed by atoms with Crippen molar-refractivity contribution in [2.24, 2.45) is 16.7 Å². The predicted octanol–water partition coefficient (Wildman–Crippen LogP) is 2.14. The van der Waals surface area contributed by atoms with E-state index in [9.17, 15) is 9.59 Å². The van der Waals surface area contributed by atoms with Gasteiger partial charge in [-0.3, -0.25) is 9.59 Å². The molecule has 1 amide bonds. The molecular formula is C14H23NO3S. The first-order valence-electron chi connectivity index (χ1n) is 6.86. The van der Waals surface area contributed by atoms with E-state index in [0.717, 1.165) is 18.2 Å². The van der Waals surface area contributed by atoms with Crippen LogP contribution in [0.25, 0.3) is 0 Å². The summed E-state index contributed by atoms with van der Waals surface area (Å²) in [5.41, 5.74) is 0.476. The molecule has 2 N–H and O–H groups in total. The lowest BCUT2D eigenvalue weighted by Gasteiger charge is -2.39. The van der Waals surface area contributed by atoms with Gasteiger partial charge in [-0.1, -0.05) is 20.8 Å². The Morgan fingerprint density at radius 2 is 2.00 bits per heavy atom. The largest absolute Gasteiger partial charge is 0.481 e. The molecule has 0 spiro atoms. The molecule has 3 unspecified atom stereocenters. The summed E-state index contributed by atoms with van der Waals surface area (Å²) in [6, 6.07) is 0.249. The van der Waals surface area contributed by atoms with Crippen LogP contribution in [0.4, 0.5) is 0 Å². The van der Waals surface area contributed by atoms with E-state index in [1.165, 1.54) is 12.8 Å². The number of thioether (sulfide) groups is 1. The number of carbonyl (C=O) groups excluding carboxylic acids is 1. The summed E-state index contributed by atoms with van der Waals surface area (Å²) in [5, 5.41) is 11.7. The van der Waals surface area contributed by atoms with E-state index in [0.29, 0.717) is 11.3 Å². The summed E-state index contributed by atoms with van der Waals surface area (Å²) in [7, 11) is 0. The maximum atomic E-state index is 11.9. The minimum absolute atomic E-state index is 0.0104. The molecule has 19 heavy (non-hydrogen) atoms. The molecule has 2 saturated carbocycles. The van der Waals surface area contributed by atoms with Gasteiger partial charge in [-0.25, -0.2) is 0 Å². The highest BCUT2D eigenvalue weighted by Crippen LogP contribution is 2.65. The van der Waals surface area contributed by atoms with Gasteiger partial charge < -0.3 is 10.4 Å². The number of carboxylic acids is 1. The Kier molecular flexibility index (Phi) is 3.87. The number of fused-ring (bicyclic) bond motifs is 2. The van der Waals surface area contributed by atoms with Gasteiger partial charge in [-0.15, -0.1) is 11.8 Å². The zero-order valence-corrected chi connectivity index (χ0v) is 12.7. The van der Waals surface area contributed by atoms with Gasteiger partial charge in [0.1, 0.15) is 0 Å². The third-order valence-electron chi connectivity index (χ3n) is 5.59. The minimum atomic E-state index is -0.870. The topological polar surface area (TPSA) is 66.4 Å². The lowest BCUT2D eigenvalue weighted by Crippen LogP contribution is -2.47. The number of rotatable bonds is 5. The van der Waals surface area contributed by atoms with Gasteiger partial charge in [0.15, 0.2) is 0 Å². The molecule has 0 aliphatic heterocycles. The Morgan fingerprint density at radius 1 is 1.32 bits per heavy atom. The van der Waals surface area contributed by atoms with Crippen molar-refractivity contribution in [2.75, 3.05) is 11.5 Å². The van der Waals surface area contributed by atoms with Crippen molar-refractivity contribution in [3.63, 3.8) is 0 Å². The Hall–Kier alpha value is -0.710. The normalized spacial score (nSPS) is 35.3. The van der Waals surface area contributed by atoms with Crippen LogP contribution >= 0.6 is 11.8 Å². The second-order valence-corrected chi connectivity index (χ2v) is 7.60. The molecule has 2 fully saturated rings. The molecule has 0 aromatic rings. The predicted molar refractivity (Wildman–Crippen MR) is 76.1 cm³/mol. The van der Waals surface area contributed by atoms with Crippen molar-refractivity contribution < 1.29 is 14.7 Å². The maximum absolute atomic E-state index is 11.9. The minimum Gasteiger partial charge on any atom is -0.481 e. The average molecular weight is 285 g/mol. The van der Waals surface area contributed by atoms with Crippen LogP contribution in [0.15, 0.2) is 0 Å². The van der Waals surface area contributed by atoms with E-state index in [1.54, 1.807) is 0 Å². The monoisotopic (exact) mass is 285 g/mol. The van der Waals surface area contributed by atoms with E-state index in [1.807, 2.05) is 0 Å². The molecule has 3 atom stereocenters. The third kappa shape index (κ3) is 2.49. The van der Waals surface area contributed by atoms with E-state index in [-0.39, 0.29) is 28.9 Å². The van der Waals surface area contributed by atoms with E-state index < -0.39 is 5.97 Å². The highest BCUT2D eigenvalue weighted by molar-refractivity contribution is 8.00. The smallest absolute Gasteiger partial charge is 0.313 e. The van der Waals surface area contributed by atoms with Crippen LogP contribution in [0.5, 0.6) is 0 Å². The van der Waals surface area contributed by atoms with E-state index in [2.05, 4.69) is 26.1 Å². The molecular weight excluding hydrogens is 262 g/mol. The van der Waals surface area contributed by atoms with Crippen LogP contribution in [-0.2, 0) is 9.59 Å². The van der Waals surface area contributed by atoms with E-state index >= 15 is 0 Å². The van der Waals surface area contributed by atoms with Crippen LogP contribution in [0, 0.1) is 16.7 Å². The van der Waals surface area contributed by atoms with Crippen molar-refractivity contribution in [1.82, 2.24) is 5.32 Å². The fraction of sp³-hybridized carbons (Fsp3) is 0.857. The van der Waals surface area contributed by atoms with Gasteiger partial charge in [-0.05, 0) is 36.0 Å². The quantitative estimate of drug-likeness (QED) is 0.812. The molecule has 0 radical (unpaired) electrons. The van der Waals surface area contributed by atoms with Gasteiger partial charge in [0.2, 0.25) is 5.91 Å². The molecule has 5 heteroatoms. The molecule has 2 bridgehead atoms. The molecule has 2 aliphatic carbocycles. The number of nitrogens with one attached hydrogen (secondary N) is 1. The van der Waals surface area contributed by atoms with Crippen molar-refractivity contribution in [3.8, 4) is 0 Å². The van der Waals surface area contributed by atoms with Gasteiger partial charge in [0, 0.05) is 6.04 Å². The maximum Gasteiger partial charge on any atom is 0.313 e. The average Bonchev–Trinajstić information content (AvgIpc) is 2.61. The Labute approximate surface area is 118 Å². The van der Waals surface area contributed by atoms with Crippen molar-refractivity contribution in [3.05, 3.63) is 0 Å². The molecule has 0 heterocycles. The molecule has 4 nitrogen and oxygen atoms in total. The van der Waals surface area contributed by atoms with Crippen molar-refractivity contribution >= 4 is 23.6 Å². The Morgan fingerprint density at radius 3 is 2.47 bits per heavy atom. The molecule has 2 rings (SSSR count). The summed E-state index contributed by atoms with van der Waals surface area (Å²) < 4.78 is 0. The number of hydrogen-bond donors (Lipinski definition) is 2. The standard InChI is InChI=1S/C14H23NO3S/c1-13(2)9-4-5-14(13,3)10(6-9)15-11(16)7-19-8-12(17)18/h9-10H,4-8H2,1-3H3,(H,15,16)(H,17,18). The van der Waals surface area contributed by atoms with Crippen LogP contribution in [-0.4, -0.2) is 34.5 Å². The third-order valence-corrected chi connectivity index (χ3v) is 6.51. The van der Waals surface area contributed by atoms with Gasteiger partial charge in [0.25, 0.3) is 0 Å². The van der Waals surface area contributed by atoms with Crippen molar-refractivity contribution in [2.45, 2.75) is 46.1 Å². The highest BCUT2D eigenvalue weighted by atomic mass is 32.2. The summed E-state index contributed by atoms with van der Waals surface area (Å²) in [6.45, 7) is 6.92. The molecule has 0 aromatic heterocycles. The lowest BCUT2D eigenvalue weighted by atomic mass is 9.69. The first kappa shape index (κ1) is 14.7. The number of aliphatic carboxylic acids is 1. The fourth-order valence-electron chi connectivity index (χ4n) is 3.89. The first-order valence-corrected chi connectivity index (χ1v) is 8.02. The molecule has 0 saturated heterocycles. The second-order valence-electron chi connectivity index (χ2n) is 6.62. The Bertz CT molecular complexity index is 396. The number of carbonyl (C=O) groups is 2. The summed E-state index contributed by atoms with van der Waals surface area (Å²) in [6.07, 6.45) is 3.51. The van der Waals surface area contributed by atoms with Crippen LogP contribution < -0.4 is 5.32 Å². The van der Waals surface area contributed by atoms with Crippen LogP contribution in [0.3, 0.4) is 0 Å². The number of carboxylic acid groups (broad SMARTS) is 1. The summed E-state index contributed by atoms with van der Waals surface area (Å²) in [4.78, 5) is 22.3. The van der Waals surface area contributed by atoms with Gasteiger partial charge >= 0.3 is 5.97 Å². The van der Waals surface area contributed by atoms with E-state index in [4.69, 9.17) is 5.11 Å². The number of hydrogen-bond acceptors (Lipinski definition) is 3. The highest BCUT2D eigenvalue weighted by Gasteiger charge is 2.61. The van der Waals surface area contributed by atoms with Crippen LogP contribution in [0.2, 0.25) is 0 Å². The number of amides is 1. The Balaban J connectivity index is 1.88. The lowest BCUT2D eigenvalue weighted by molar-refractivity contribution is -0.133. The fourth-order valence-corrected chi connectivity index (χ4v) is 4.43. The van der Waals surface area contributed by atoms with Gasteiger partial charge in [0.05, 0.1) is 11.5 Å². The van der Waals surface area contributed by atoms with Gasteiger partial charge in [-0.2, -0.15) is 0 Å². The molecule has 2 aliphatic rings.